The molecule has 0 saturated carbocycles. The lowest BCUT2D eigenvalue weighted by atomic mass is 9.99. The van der Waals surface area contributed by atoms with Crippen LogP contribution < -0.4 is 0 Å². The minimum absolute atomic E-state index is 0.0238. The lowest BCUT2D eigenvalue weighted by molar-refractivity contribution is 0.103. The van der Waals surface area contributed by atoms with Gasteiger partial charge in [-0.1, -0.05) is 74.2 Å². The third-order valence-electron chi connectivity index (χ3n) is 6.45. The van der Waals surface area contributed by atoms with Gasteiger partial charge in [-0.05, 0) is 50.1 Å². The maximum Gasteiger partial charge on any atom is 0.193 e. The molecule has 1 aromatic heterocycles. The van der Waals surface area contributed by atoms with Gasteiger partial charge in [0.1, 0.15) is 0 Å². The van der Waals surface area contributed by atoms with Crippen LogP contribution >= 0.6 is 0 Å². The number of rotatable bonds is 10. The predicted molar refractivity (Wildman–Crippen MR) is 137 cm³/mol. The van der Waals surface area contributed by atoms with Crippen molar-refractivity contribution in [3.63, 3.8) is 0 Å². The number of hydrogen-bond acceptors (Lipinski definition) is 3. The van der Waals surface area contributed by atoms with Gasteiger partial charge in [0.15, 0.2) is 5.78 Å². The molecule has 0 bridgehead atoms. The third-order valence-corrected chi connectivity index (χ3v) is 6.45. The molecule has 0 spiro atoms. The van der Waals surface area contributed by atoms with Gasteiger partial charge in [0.05, 0.1) is 5.71 Å². The van der Waals surface area contributed by atoms with E-state index in [1.54, 1.807) is 0 Å². The Kier molecular flexibility index (Phi) is 7.23. The quantitative estimate of drug-likeness (QED) is 0.0908. The Bertz CT molecular complexity index is 1290. The van der Waals surface area contributed by atoms with E-state index < -0.39 is 0 Å². The first kappa shape index (κ1) is 22.8. The van der Waals surface area contributed by atoms with Gasteiger partial charge >= 0.3 is 0 Å². The second kappa shape index (κ2) is 10.5. The van der Waals surface area contributed by atoms with E-state index in [2.05, 4.69) is 35.7 Å². The normalized spacial score (nSPS) is 12.0. The van der Waals surface area contributed by atoms with Gasteiger partial charge in [-0.3, -0.25) is 4.79 Å². The average molecular weight is 441 g/mol. The first-order valence-electron chi connectivity index (χ1n) is 12.0. The molecule has 1 N–H and O–H groups in total. The Balaban J connectivity index is 1.73. The highest BCUT2D eigenvalue weighted by molar-refractivity contribution is 6.16. The monoisotopic (exact) mass is 440 g/mol. The summed E-state index contributed by atoms with van der Waals surface area (Å²) in [5.41, 5.74) is 5.27. The first-order chi connectivity index (χ1) is 16.2. The van der Waals surface area contributed by atoms with Gasteiger partial charge < -0.3 is 9.77 Å². The van der Waals surface area contributed by atoms with E-state index in [-0.39, 0.29) is 5.78 Å². The number of hydrogen-bond donors (Lipinski definition) is 1. The van der Waals surface area contributed by atoms with Crippen LogP contribution in [0.4, 0.5) is 0 Å². The molecule has 4 heteroatoms. The van der Waals surface area contributed by atoms with Crippen LogP contribution in [0, 0.1) is 0 Å². The van der Waals surface area contributed by atoms with Gasteiger partial charge in [0.2, 0.25) is 0 Å². The van der Waals surface area contributed by atoms with Crippen LogP contribution in [0.2, 0.25) is 0 Å². The Hall–Kier alpha value is -3.40. The van der Waals surface area contributed by atoms with E-state index >= 15 is 0 Å². The number of nitrogens with zero attached hydrogens (tertiary/aromatic N) is 2. The summed E-state index contributed by atoms with van der Waals surface area (Å²) in [4.78, 5) is 13.1. The van der Waals surface area contributed by atoms with Crippen molar-refractivity contribution < 1.29 is 10.0 Å². The molecule has 1 heterocycles. The fourth-order valence-electron chi connectivity index (χ4n) is 4.67. The van der Waals surface area contributed by atoms with Crippen LogP contribution in [0.3, 0.4) is 0 Å². The minimum atomic E-state index is 0.0238. The van der Waals surface area contributed by atoms with Crippen LogP contribution in [0.15, 0.2) is 71.9 Å². The fraction of sp³-hybridized carbons (Fsp3) is 0.310. The molecule has 0 fully saturated rings. The highest BCUT2D eigenvalue weighted by atomic mass is 16.4. The van der Waals surface area contributed by atoms with Gasteiger partial charge in [0.25, 0.3) is 0 Å². The van der Waals surface area contributed by atoms with Crippen molar-refractivity contribution in [2.45, 2.75) is 58.9 Å². The summed E-state index contributed by atoms with van der Waals surface area (Å²) in [6.45, 7) is 5.18. The summed E-state index contributed by atoms with van der Waals surface area (Å²) in [6, 6.07) is 21.6. The number of unbranched alkanes of at least 4 members (excludes halogenated alkanes) is 4. The summed E-state index contributed by atoms with van der Waals surface area (Å²) in [7, 11) is 0. The zero-order chi connectivity index (χ0) is 23.2. The van der Waals surface area contributed by atoms with Crippen molar-refractivity contribution in [2.24, 2.45) is 5.16 Å². The average Bonchev–Trinajstić information content (AvgIpc) is 3.18. The number of carbonyl (C=O) groups is 1. The maximum atomic E-state index is 13.1. The van der Waals surface area contributed by atoms with Crippen LogP contribution in [-0.2, 0) is 6.54 Å². The molecule has 4 rings (SSSR count). The number of aryl methyl sites for hydroxylation is 1. The molecule has 33 heavy (non-hydrogen) atoms. The second-order valence-electron chi connectivity index (χ2n) is 8.61. The summed E-state index contributed by atoms with van der Waals surface area (Å²) in [5, 5.41) is 15.5. The standard InChI is InChI=1S/C29H32N2O2/c1-3-5-6-7-11-14-26(30-33)22-15-17-27-24(19-22)25-20-23(16-18-28(25)31(27)4-2)29(32)21-12-9-8-10-13-21/h8-10,12-13,15-20,33H,3-7,11,14H2,1-2H3. The van der Waals surface area contributed by atoms with Gasteiger partial charge in [-0.15, -0.1) is 0 Å². The topological polar surface area (TPSA) is 54.6 Å². The predicted octanol–water partition coefficient (Wildman–Crippen LogP) is 7.58. The molecule has 0 aliphatic rings. The first-order valence-corrected chi connectivity index (χ1v) is 12.0. The molecule has 0 radical (unpaired) electrons. The van der Waals surface area contributed by atoms with Gasteiger partial charge in [0, 0.05) is 45.0 Å². The summed E-state index contributed by atoms with van der Waals surface area (Å²) in [5.74, 6) is 0.0238. The van der Waals surface area contributed by atoms with E-state index in [9.17, 15) is 10.0 Å². The summed E-state index contributed by atoms with van der Waals surface area (Å²) in [6.07, 6.45) is 6.61. The Morgan fingerprint density at radius 3 is 2.06 bits per heavy atom. The largest absolute Gasteiger partial charge is 0.411 e. The van der Waals surface area contributed by atoms with Crippen LogP contribution in [0.5, 0.6) is 0 Å². The Morgan fingerprint density at radius 1 is 0.788 bits per heavy atom. The number of carbonyl (C=O) groups excluding carboxylic acids is 1. The zero-order valence-electron chi connectivity index (χ0n) is 19.6. The number of ketones is 1. The van der Waals surface area contributed by atoms with Gasteiger partial charge in [-0.2, -0.15) is 0 Å². The number of aromatic nitrogens is 1. The number of fused-ring (bicyclic) bond motifs is 3. The second-order valence-corrected chi connectivity index (χ2v) is 8.61. The van der Waals surface area contributed by atoms with E-state index in [1.807, 2.05) is 54.6 Å². The molecule has 0 aliphatic carbocycles. The Labute approximate surface area is 195 Å². The smallest absolute Gasteiger partial charge is 0.193 e. The molecule has 170 valence electrons. The SMILES string of the molecule is CCCCCCCC(=NO)c1ccc2c(c1)c1cc(C(=O)c3ccccc3)ccc1n2CC. The highest BCUT2D eigenvalue weighted by Crippen LogP contribution is 2.32. The van der Waals surface area contributed by atoms with Crippen molar-refractivity contribution in [2.75, 3.05) is 0 Å². The van der Waals surface area contributed by atoms with Crippen LogP contribution in [0.1, 0.15) is 73.9 Å². The molecule has 0 aliphatic heterocycles. The van der Waals surface area contributed by atoms with Crippen LogP contribution in [0.25, 0.3) is 21.8 Å². The van der Waals surface area contributed by atoms with E-state index in [1.165, 1.54) is 19.3 Å². The van der Waals surface area contributed by atoms with Crippen molar-refractivity contribution in [1.29, 1.82) is 0 Å². The van der Waals surface area contributed by atoms with E-state index in [0.29, 0.717) is 11.1 Å². The molecule has 0 unspecified atom stereocenters. The molecule has 0 saturated heterocycles. The molecular weight excluding hydrogens is 408 g/mol. The maximum absolute atomic E-state index is 13.1. The number of oxime groups is 1. The van der Waals surface area contributed by atoms with Crippen molar-refractivity contribution in [3.8, 4) is 0 Å². The lowest BCUT2D eigenvalue weighted by Gasteiger charge is -2.07. The van der Waals surface area contributed by atoms with E-state index in [0.717, 1.165) is 58.9 Å². The molecule has 0 atom stereocenters. The van der Waals surface area contributed by atoms with Crippen molar-refractivity contribution in [1.82, 2.24) is 4.57 Å². The van der Waals surface area contributed by atoms with Gasteiger partial charge in [-0.25, -0.2) is 0 Å². The number of benzene rings is 3. The molecule has 4 nitrogen and oxygen atoms in total. The molecule has 3 aromatic carbocycles. The lowest BCUT2D eigenvalue weighted by Crippen LogP contribution is -2.01. The summed E-state index contributed by atoms with van der Waals surface area (Å²) >= 11 is 0. The molecular formula is C29H32N2O2. The van der Waals surface area contributed by atoms with Crippen molar-refractivity contribution in [3.05, 3.63) is 83.4 Å². The molecule has 4 aromatic rings. The fourth-order valence-corrected chi connectivity index (χ4v) is 4.67. The highest BCUT2D eigenvalue weighted by Gasteiger charge is 2.16. The third kappa shape index (κ3) is 4.70. The van der Waals surface area contributed by atoms with E-state index in [4.69, 9.17) is 0 Å². The van der Waals surface area contributed by atoms with Crippen molar-refractivity contribution >= 4 is 33.3 Å². The van der Waals surface area contributed by atoms with Crippen LogP contribution in [-0.4, -0.2) is 21.3 Å². The summed E-state index contributed by atoms with van der Waals surface area (Å²) < 4.78 is 2.27. The minimum Gasteiger partial charge on any atom is -0.411 e. The Morgan fingerprint density at radius 2 is 1.42 bits per heavy atom. The zero-order valence-corrected chi connectivity index (χ0v) is 19.6. The molecule has 0 amide bonds.